The van der Waals surface area contributed by atoms with E-state index < -0.39 is 12.0 Å². The van der Waals surface area contributed by atoms with E-state index in [2.05, 4.69) is 4.98 Å². The molecule has 124 valence electrons. The lowest BCUT2D eigenvalue weighted by Gasteiger charge is -2.32. The molecule has 2 aromatic rings. The molecule has 1 aliphatic heterocycles. The van der Waals surface area contributed by atoms with E-state index in [9.17, 15) is 14.7 Å². The van der Waals surface area contributed by atoms with Crippen LogP contribution in [0.3, 0.4) is 0 Å². The van der Waals surface area contributed by atoms with E-state index in [1.54, 1.807) is 12.1 Å². The summed E-state index contributed by atoms with van der Waals surface area (Å²) >= 11 is 0. The Hall–Kier alpha value is -2.89. The van der Waals surface area contributed by atoms with E-state index in [1.165, 1.54) is 11.1 Å². The molecule has 1 aromatic carbocycles. The smallest absolute Gasteiger partial charge is 0.326 e. The second-order valence-corrected chi connectivity index (χ2v) is 5.64. The highest BCUT2D eigenvalue weighted by molar-refractivity contribution is 5.95. The van der Waals surface area contributed by atoms with Gasteiger partial charge in [0.2, 0.25) is 0 Å². The maximum Gasteiger partial charge on any atom is 0.326 e. The second kappa shape index (κ2) is 7.12. The van der Waals surface area contributed by atoms with Gasteiger partial charge in [0, 0.05) is 18.8 Å². The second-order valence-electron chi connectivity index (χ2n) is 5.64. The average Bonchev–Trinajstić information content (AvgIpc) is 2.62. The molecule has 0 radical (unpaired) electrons. The van der Waals surface area contributed by atoms with Gasteiger partial charge in [-0.25, -0.2) is 4.79 Å². The van der Waals surface area contributed by atoms with E-state index in [-0.39, 0.29) is 11.6 Å². The molecule has 0 spiro atoms. The molecule has 6 nitrogen and oxygen atoms in total. The van der Waals surface area contributed by atoms with E-state index in [0.717, 1.165) is 12.8 Å². The van der Waals surface area contributed by atoms with Crippen LogP contribution in [0, 0.1) is 0 Å². The van der Waals surface area contributed by atoms with Crippen LogP contribution in [0.15, 0.2) is 48.7 Å². The summed E-state index contributed by atoms with van der Waals surface area (Å²) in [6.45, 7) is 0.432. The van der Waals surface area contributed by atoms with Crippen LogP contribution in [0.2, 0.25) is 0 Å². The highest BCUT2D eigenvalue weighted by atomic mass is 16.5. The number of carbonyl (C=O) groups is 2. The number of carboxylic acid groups (broad SMARTS) is 1. The number of ether oxygens (including phenoxy) is 1. The molecule has 24 heavy (non-hydrogen) atoms. The third-order valence-corrected chi connectivity index (χ3v) is 3.98. The van der Waals surface area contributed by atoms with E-state index in [4.69, 9.17) is 4.74 Å². The Morgan fingerprint density at radius 3 is 2.67 bits per heavy atom. The third kappa shape index (κ3) is 3.53. The van der Waals surface area contributed by atoms with Crippen molar-refractivity contribution in [3.63, 3.8) is 0 Å². The van der Waals surface area contributed by atoms with Gasteiger partial charge in [0.25, 0.3) is 5.91 Å². The van der Waals surface area contributed by atoms with Crippen molar-refractivity contribution in [1.82, 2.24) is 9.88 Å². The van der Waals surface area contributed by atoms with Gasteiger partial charge in [-0.05, 0) is 37.5 Å². The molecule has 0 saturated carbocycles. The number of rotatable bonds is 4. The number of pyridine rings is 1. The number of likely N-dealkylation sites (tertiary alicyclic amines) is 1. The zero-order chi connectivity index (χ0) is 16.9. The van der Waals surface area contributed by atoms with Crippen LogP contribution in [-0.4, -0.2) is 39.5 Å². The van der Waals surface area contributed by atoms with Gasteiger partial charge in [0.05, 0.1) is 0 Å². The van der Waals surface area contributed by atoms with Gasteiger partial charge in [-0.15, -0.1) is 0 Å². The molecular formula is C18H18N2O4. The molecule has 1 atom stereocenters. The molecule has 2 heterocycles. The molecule has 1 amide bonds. The number of amides is 1. The van der Waals surface area contributed by atoms with Gasteiger partial charge in [-0.1, -0.05) is 18.2 Å². The summed E-state index contributed by atoms with van der Waals surface area (Å²) < 4.78 is 5.70. The number of benzene rings is 1. The fourth-order valence-corrected chi connectivity index (χ4v) is 2.79. The third-order valence-electron chi connectivity index (χ3n) is 3.98. The van der Waals surface area contributed by atoms with E-state index >= 15 is 0 Å². The zero-order valence-corrected chi connectivity index (χ0v) is 13.1. The topological polar surface area (TPSA) is 79.7 Å². The molecule has 0 bridgehead atoms. The molecule has 0 unspecified atom stereocenters. The monoisotopic (exact) mass is 326 g/mol. The summed E-state index contributed by atoms with van der Waals surface area (Å²) in [5.74, 6) is -0.202. The summed E-state index contributed by atoms with van der Waals surface area (Å²) in [5.41, 5.74) is 0.191. The van der Waals surface area contributed by atoms with Crippen LogP contribution in [-0.2, 0) is 4.79 Å². The minimum Gasteiger partial charge on any atom is -0.480 e. The van der Waals surface area contributed by atoms with Gasteiger partial charge in [-0.2, -0.15) is 0 Å². The number of carbonyl (C=O) groups excluding carboxylic acids is 1. The summed E-state index contributed by atoms with van der Waals surface area (Å²) in [6, 6.07) is 11.6. The molecule has 1 aliphatic rings. The highest BCUT2D eigenvalue weighted by Crippen LogP contribution is 2.23. The van der Waals surface area contributed by atoms with Gasteiger partial charge < -0.3 is 14.7 Å². The average molecular weight is 326 g/mol. The van der Waals surface area contributed by atoms with Crippen LogP contribution >= 0.6 is 0 Å². The van der Waals surface area contributed by atoms with Crippen molar-refractivity contribution in [1.29, 1.82) is 0 Å². The molecule has 6 heteroatoms. The first-order chi connectivity index (χ1) is 11.6. The maximum absolute atomic E-state index is 12.7. The van der Waals surface area contributed by atoms with Crippen molar-refractivity contribution in [2.75, 3.05) is 6.54 Å². The van der Waals surface area contributed by atoms with E-state index in [0.29, 0.717) is 24.5 Å². The number of nitrogens with zero attached hydrogens (tertiary/aromatic N) is 2. The molecule has 1 aromatic heterocycles. The summed E-state index contributed by atoms with van der Waals surface area (Å²) in [7, 11) is 0. The van der Waals surface area contributed by atoms with Crippen molar-refractivity contribution < 1.29 is 19.4 Å². The minimum absolute atomic E-state index is 0.191. The van der Waals surface area contributed by atoms with Crippen molar-refractivity contribution in [2.24, 2.45) is 0 Å². The van der Waals surface area contributed by atoms with Gasteiger partial charge in [0.15, 0.2) is 0 Å². The Morgan fingerprint density at radius 2 is 1.92 bits per heavy atom. The summed E-state index contributed by atoms with van der Waals surface area (Å²) in [5, 5.41) is 9.31. The lowest BCUT2D eigenvalue weighted by atomic mass is 10.0. The van der Waals surface area contributed by atoms with Crippen molar-refractivity contribution in [3.05, 3.63) is 54.4 Å². The number of piperidine rings is 1. The van der Waals surface area contributed by atoms with Crippen molar-refractivity contribution in [2.45, 2.75) is 25.3 Å². The Morgan fingerprint density at radius 1 is 1.12 bits per heavy atom. The quantitative estimate of drug-likeness (QED) is 0.934. The van der Waals surface area contributed by atoms with Crippen LogP contribution in [0.4, 0.5) is 0 Å². The van der Waals surface area contributed by atoms with E-state index in [1.807, 2.05) is 30.3 Å². The first-order valence-corrected chi connectivity index (χ1v) is 7.88. The predicted molar refractivity (Wildman–Crippen MR) is 87.1 cm³/mol. The standard InChI is InChI=1S/C18H18N2O4/c21-17(20-11-5-4-8-16(20)18(22)23)15-12-14(9-10-19-15)24-13-6-2-1-3-7-13/h1-3,6-7,9-10,12,16H,4-5,8,11H2,(H,22,23)/t16-/m0/s1. The number of aliphatic carboxylic acids is 1. The first kappa shape index (κ1) is 16.0. The number of para-hydroxylation sites is 1. The molecular weight excluding hydrogens is 308 g/mol. The lowest BCUT2D eigenvalue weighted by molar-refractivity contribution is -0.143. The van der Waals surface area contributed by atoms with Gasteiger partial charge in [0.1, 0.15) is 23.2 Å². The Labute approximate surface area is 139 Å². The molecule has 1 saturated heterocycles. The molecule has 3 rings (SSSR count). The summed E-state index contributed by atoms with van der Waals surface area (Å²) in [6.07, 6.45) is 3.58. The SMILES string of the molecule is O=C(O)[C@@H]1CCCCN1C(=O)c1cc(Oc2ccccc2)ccn1. The number of carboxylic acids is 1. The number of hydrogen-bond donors (Lipinski definition) is 1. The fraction of sp³-hybridized carbons (Fsp3) is 0.278. The molecule has 1 N–H and O–H groups in total. The number of aromatic nitrogens is 1. The Balaban J connectivity index is 1.80. The normalized spacial score (nSPS) is 17.3. The van der Waals surface area contributed by atoms with Crippen molar-refractivity contribution in [3.8, 4) is 11.5 Å². The minimum atomic E-state index is -0.972. The predicted octanol–water partition coefficient (Wildman–Crippen LogP) is 2.95. The summed E-state index contributed by atoms with van der Waals surface area (Å²) in [4.78, 5) is 29.5. The Kier molecular flexibility index (Phi) is 4.74. The number of hydrogen-bond acceptors (Lipinski definition) is 4. The maximum atomic E-state index is 12.7. The van der Waals surface area contributed by atoms with Crippen LogP contribution in [0.1, 0.15) is 29.8 Å². The van der Waals surface area contributed by atoms with Gasteiger partial charge >= 0.3 is 5.97 Å². The van der Waals surface area contributed by atoms with Crippen LogP contribution in [0.5, 0.6) is 11.5 Å². The van der Waals surface area contributed by atoms with Crippen molar-refractivity contribution >= 4 is 11.9 Å². The zero-order valence-electron chi connectivity index (χ0n) is 13.1. The Bertz CT molecular complexity index is 733. The van der Waals surface area contributed by atoms with Crippen LogP contribution < -0.4 is 4.74 Å². The fourth-order valence-electron chi connectivity index (χ4n) is 2.79. The lowest BCUT2D eigenvalue weighted by Crippen LogP contribution is -2.48. The first-order valence-electron chi connectivity index (χ1n) is 7.88. The highest BCUT2D eigenvalue weighted by Gasteiger charge is 2.33. The molecule has 0 aliphatic carbocycles. The van der Waals surface area contributed by atoms with Crippen LogP contribution in [0.25, 0.3) is 0 Å². The molecule has 1 fully saturated rings. The van der Waals surface area contributed by atoms with Gasteiger partial charge in [-0.3, -0.25) is 9.78 Å². The largest absolute Gasteiger partial charge is 0.480 e.